The molecule has 2 amide bonds. The molecule has 1 aliphatic heterocycles. The predicted molar refractivity (Wildman–Crippen MR) is 74.9 cm³/mol. The first kappa shape index (κ1) is 13.6. The zero-order valence-corrected chi connectivity index (χ0v) is 11.6. The van der Waals surface area contributed by atoms with Gasteiger partial charge in [0.2, 0.25) is 11.8 Å². The highest BCUT2D eigenvalue weighted by molar-refractivity contribution is 6.03. The third-order valence-electron chi connectivity index (χ3n) is 3.38. The van der Waals surface area contributed by atoms with E-state index in [0.29, 0.717) is 12.8 Å². The Morgan fingerprint density at radius 3 is 2.68 bits per heavy atom. The van der Waals surface area contributed by atoms with Crippen LogP contribution in [-0.4, -0.2) is 24.9 Å². The van der Waals surface area contributed by atoms with E-state index in [-0.39, 0.29) is 17.7 Å². The van der Waals surface area contributed by atoms with Crippen LogP contribution < -0.4 is 10.2 Å². The fourth-order valence-electron chi connectivity index (χ4n) is 2.52. The van der Waals surface area contributed by atoms with Crippen molar-refractivity contribution < 1.29 is 9.59 Å². The summed E-state index contributed by atoms with van der Waals surface area (Å²) in [7, 11) is 1.61. The molecule has 0 radical (unpaired) electrons. The fraction of sp³-hybridized carbons (Fsp3) is 0.467. The number of fused-ring (bicyclic) bond motifs is 1. The largest absolute Gasteiger partial charge is 0.357 e. The second kappa shape index (κ2) is 5.43. The Hall–Kier alpha value is -1.84. The van der Waals surface area contributed by atoms with Crippen molar-refractivity contribution in [3.63, 3.8) is 0 Å². The minimum atomic E-state index is -0.409. The molecule has 1 unspecified atom stereocenters. The number of nitrogens with one attached hydrogen (secondary N) is 1. The van der Waals surface area contributed by atoms with Crippen molar-refractivity contribution in [2.24, 2.45) is 5.92 Å². The van der Waals surface area contributed by atoms with E-state index in [4.69, 9.17) is 0 Å². The van der Waals surface area contributed by atoms with Gasteiger partial charge < -0.3 is 5.32 Å². The molecule has 0 aliphatic carbocycles. The van der Waals surface area contributed by atoms with Gasteiger partial charge in [-0.3, -0.25) is 14.5 Å². The lowest BCUT2D eigenvalue weighted by Gasteiger charge is -2.25. The van der Waals surface area contributed by atoms with Gasteiger partial charge >= 0.3 is 0 Å². The smallest absolute Gasteiger partial charge is 0.243 e. The number of benzene rings is 1. The molecule has 2 rings (SSSR count). The lowest BCUT2D eigenvalue weighted by atomic mass is 10.1. The van der Waals surface area contributed by atoms with E-state index in [9.17, 15) is 9.59 Å². The first-order chi connectivity index (χ1) is 9.04. The summed E-state index contributed by atoms with van der Waals surface area (Å²) in [6.45, 7) is 4.02. The van der Waals surface area contributed by atoms with E-state index in [1.807, 2.05) is 38.1 Å². The number of para-hydroxylation sites is 1. The maximum atomic E-state index is 12.4. The average molecular weight is 260 g/mol. The van der Waals surface area contributed by atoms with Gasteiger partial charge in [0.1, 0.15) is 6.04 Å². The van der Waals surface area contributed by atoms with Crippen molar-refractivity contribution in [3.8, 4) is 0 Å². The van der Waals surface area contributed by atoms with Gasteiger partial charge in [-0.1, -0.05) is 32.0 Å². The fourth-order valence-corrected chi connectivity index (χ4v) is 2.52. The summed E-state index contributed by atoms with van der Waals surface area (Å²) < 4.78 is 0. The molecule has 19 heavy (non-hydrogen) atoms. The van der Waals surface area contributed by atoms with Gasteiger partial charge in [-0.15, -0.1) is 0 Å². The van der Waals surface area contributed by atoms with Gasteiger partial charge in [0.25, 0.3) is 0 Å². The molecular formula is C15H20N2O2. The molecule has 4 nitrogen and oxygen atoms in total. The summed E-state index contributed by atoms with van der Waals surface area (Å²) in [5.41, 5.74) is 1.94. The Kier molecular flexibility index (Phi) is 3.88. The van der Waals surface area contributed by atoms with Crippen LogP contribution in [0, 0.1) is 5.92 Å². The molecule has 0 fully saturated rings. The highest BCUT2D eigenvalue weighted by Crippen LogP contribution is 2.33. The van der Waals surface area contributed by atoms with Crippen molar-refractivity contribution in [1.29, 1.82) is 0 Å². The molecule has 0 bridgehead atoms. The topological polar surface area (TPSA) is 49.4 Å². The Balaban J connectivity index is 2.33. The minimum absolute atomic E-state index is 0.0218. The van der Waals surface area contributed by atoms with Crippen LogP contribution in [0.1, 0.15) is 25.8 Å². The normalized spacial score (nSPS) is 17.5. The number of rotatable bonds is 3. The maximum absolute atomic E-state index is 12.4. The molecule has 4 heteroatoms. The van der Waals surface area contributed by atoms with Crippen molar-refractivity contribution in [3.05, 3.63) is 29.8 Å². The van der Waals surface area contributed by atoms with Gasteiger partial charge in [0, 0.05) is 25.6 Å². The van der Waals surface area contributed by atoms with Crippen LogP contribution in [0.2, 0.25) is 0 Å². The number of likely N-dealkylation sites (N-methyl/N-ethyl adjacent to an activating group) is 1. The van der Waals surface area contributed by atoms with Crippen molar-refractivity contribution in [1.82, 2.24) is 5.32 Å². The molecule has 0 saturated carbocycles. The maximum Gasteiger partial charge on any atom is 0.243 e. The van der Waals surface area contributed by atoms with E-state index in [1.165, 1.54) is 0 Å². The van der Waals surface area contributed by atoms with Crippen LogP contribution in [0.25, 0.3) is 0 Å². The molecule has 0 aromatic heterocycles. The van der Waals surface area contributed by atoms with E-state index in [0.717, 1.165) is 11.3 Å². The molecule has 1 aromatic rings. The second-order valence-electron chi connectivity index (χ2n) is 5.32. The Bertz CT molecular complexity index is 497. The third-order valence-corrected chi connectivity index (χ3v) is 3.38. The number of carbonyl (C=O) groups excluding carboxylic acids is 2. The monoisotopic (exact) mass is 260 g/mol. The van der Waals surface area contributed by atoms with Crippen LogP contribution in [-0.2, 0) is 16.0 Å². The number of hydrogen-bond acceptors (Lipinski definition) is 2. The molecule has 1 aromatic carbocycles. The summed E-state index contributed by atoms with van der Waals surface area (Å²) in [6, 6.07) is 7.33. The standard InChI is InChI=1S/C15H20N2O2/c1-10(2)8-14(18)17-12-7-5-4-6-11(12)9-13(17)15(19)16-3/h4-7,10,13H,8-9H2,1-3H3,(H,16,19). The van der Waals surface area contributed by atoms with E-state index < -0.39 is 6.04 Å². The second-order valence-corrected chi connectivity index (χ2v) is 5.32. The quantitative estimate of drug-likeness (QED) is 0.900. The van der Waals surface area contributed by atoms with Crippen LogP contribution in [0.15, 0.2) is 24.3 Å². The number of anilines is 1. The zero-order chi connectivity index (χ0) is 14.0. The van der Waals surface area contributed by atoms with Gasteiger partial charge in [-0.2, -0.15) is 0 Å². The highest BCUT2D eigenvalue weighted by Gasteiger charge is 2.37. The van der Waals surface area contributed by atoms with Crippen molar-refractivity contribution >= 4 is 17.5 Å². The Morgan fingerprint density at radius 2 is 2.05 bits per heavy atom. The number of hydrogen-bond donors (Lipinski definition) is 1. The highest BCUT2D eigenvalue weighted by atomic mass is 16.2. The van der Waals surface area contributed by atoms with Crippen molar-refractivity contribution in [2.45, 2.75) is 32.7 Å². The SMILES string of the molecule is CNC(=O)C1Cc2ccccc2N1C(=O)CC(C)C. The van der Waals surface area contributed by atoms with E-state index >= 15 is 0 Å². The molecule has 1 heterocycles. The first-order valence-electron chi connectivity index (χ1n) is 6.66. The lowest BCUT2D eigenvalue weighted by molar-refractivity contribution is -0.126. The molecule has 1 atom stereocenters. The summed E-state index contributed by atoms with van der Waals surface area (Å²) in [6.07, 6.45) is 1.06. The van der Waals surface area contributed by atoms with Crippen LogP contribution in [0.4, 0.5) is 5.69 Å². The van der Waals surface area contributed by atoms with Gasteiger partial charge in [0.05, 0.1) is 0 Å². The minimum Gasteiger partial charge on any atom is -0.357 e. The lowest BCUT2D eigenvalue weighted by Crippen LogP contribution is -2.47. The molecule has 102 valence electrons. The molecule has 0 saturated heterocycles. The average Bonchev–Trinajstić information content (AvgIpc) is 2.76. The van der Waals surface area contributed by atoms with E-state index in [2.05, 4.69) is 5.32 Å². The van der Waals surface area contributed by atoms with Gasteiger partial charge in [-0.05, 0) is 17.5 Å². The number of nitrogens with zero attached hydrogens (tertiary/aromatic N) is 1. The third kappa shape index (κ3) is 2.62. The Morgan fingerprint density at radius 1 is 1.37 bits per heavy atom. The molecule has 1 aliphatic rings. The summed E-state index contributed by atoms with van der Waals surface area (Å²) in [4.78, 5) is 26.0. The van der Waals surface area contributed by atoms with Crippen LogP contribution in [0.5, 0.6) is 0 Å². The zero-order valence-electron chi connectivity index (χ0n) is 11.6. The molecular weight excluding hydrogens is 240 g/mol. The summed E-state index contributed by atoms with van der Waals surface area (Å²) in [5.74, 6) is 0.201. The van der Waals surface area contributed by atoms with Gasteiger partial charge in [0.15, 0.2) is 0 Å². The summed E-state index contributed by atoms with van der Waals surface area (Å²) >= 11 is 0. The van der Waals surface area contributed by atoms with Crippen LogP contribution in [0.3, 0.4) is 0 Å². The van der Waals surface area contributed by atoms with Crippen molar-refractivity contribution in [2.75, 3.05) is 11.9 Å². The summed E-state index contributed by atoms with van der Waals surface area (Å²) in [5, 5.41) is 2.65. The molecule has 0 spiro atoms. The number of amides is 2. The Labute approximate surface area is 113 Å². The predicted octanol–water partition coefficient (Wildman–Crippen LogP) is 1.74. The molecule has 1 N–H and O–H groups in total. The van der Waals surface area contributed by atoms with Crippen LogP contribution >= 0.6 is 0 Å². The van der Waals surface area contributed by atoms with E-state index in [1.54, 1.807) is 11.9 Å². The number of carbonyl (C=O) groups is 2. The van der Waals surface area contributed by atoms with Gasteiger partial charge in [-0.25, -0.2) is 0 Å². The first-order valence-corrected chi connectivity index (χ1v) is 6.66.